The van der Waals surface area contributed by atoms with E-state index in [1.807, 2.05) is 0 Å². The average molecular weight is 369 g/mol. The number of anilines is 1. The van der Waals surface area contributed by atoms with Gasteiger partial charge in [-0.15, -0.1) is 0 Å². The van der Waals surface area contributed by atoms with Crippen LogP contribution in [-0.4, -0.2) is 39.2 Å². The first kappa shape index (κ1) is 18.2. The standard InChI is InChI=1S/C12H12ClF3N4O4/c1-2-24-9(21)11(3-4-11)19-8-7(20(22)23)6(5-12(14,15)16)17-10(13)18-8/h2-5H2,1H3,(H,17,18,19). The van der Waals surface area contributed by atoms with Crippen LogP contribution < -0.4 is 5.32 Å². The molecular weight excluding hydrogens is 357 g/mol. The topological polar surface area (TPSA) is 107 Å². The fraction of sp³-hybridized carbons (Fsp3) is 0.583. The number of ether oxygens (including phenoxy) is 1. The molecule has 1 aromatic heterocycles. The van der Waals surface area contributed by atoms with Gasteiger partial charge in [0.1, 0.15) is 11.2 Å². The van der Waals surface area contributed by atoms with Crippen LogP contribution in [0.4, 0.5) is 24.7 Å². The SMILES string of the molecule is CCOC(=O)C1(Nc2nc(Cl)nc(CC(F)(F)F)c2[N+](=O)[O-])CC1. The number of hydrogen-bond donors (Lipinski definition) is 1. The first-order chi connectivity index (χ1) is 11.1. The maximum atomic E-state index is 12.6. The van der Waals surface area contributed by atoms with Crippen LogP contribution in [0.25, 0.3) is 0 Å². The van der Waals surface area contributed by atoms with Gasteiger partial charge in [-0.05, 0) is 31.4 Å². The van der Waals surface area contributed by atoms with E-state index in [-0.39, 0.29) is 6.61 Å². The van der Waals surface area contributed by atoms with E-state index < -0.39 is 51.5 Å². The molecule has 2 rings (SSSR count). The Balaban J connectivity index is 2.42. The minimum atomic E-state index is -4.72. The van der Waals surface area contributed by atoms with Crippen LogP contribution in [-0.2, 0) is 16.0 Å². The number of aromatic nitrogens is 2. The average Bonchev–Trinajstić information content (AvgIpc) is 3.16. The van der Waals surface area contributed by atoms with Gasteiger partial charge in [0.05, 0.1) is 18.0 Å². The molecule has 1 aliphatic rings. The summed E-state index contributed by atoms with van der Waals surface area (Å²) >= 11 is 5.58. The number of carbonyl (C=O) groups excluding carboxylic acids is 1. The van der Waals surface area contributed by atoms with Crippen molar-refractivity contribution in [1.82, 2.24) is 9.97 Å². The predicted octanol–water partition coefficient (Wildman–Crippen LogP) is 2.65. The highest BCUT2D eigenvalue weighted by atomic mass is 35.5. The van der Waals surface area contributed by atoms with E-state index >= 15 is 0 Å². The summed E-state index contributed by atoms with van der Waals surface area (Å²) < 4.78 is 42.7. The Kier molecular flexibility index (Phi) is 4.83. The lowest BCUT2D eigenvalue weighted by molar-refractivity contribution is -0.385. The van der Waals surface area contributed by atoms with Crippen molar-refractivity contribution in [1.29, 1.82) is 0 Å². The predicted molar refractivity (Wildman–Crippen MR) is 75.7 cm³/mol. The second kappa shape index (κ2) is 6.38. The molecule has 8 nitrogen and oxygen atoms in total. The van der Waals surface area contributed by atoms with Gasteiger partial charge in [0.25, 0.3) is 0 Å². The van der Waals surface area contributed by atoms with Gasteiger partial charge in [-0.1, -0.05) is 0 Å². The van der Waals surface area contributed by atoms with Crippen LogP contribution in [0.2, 0.25) is 5.28 Å². The molecule has 132 valence electrons. The van der Waals surface area contributed by atoms with Gasteiger partial charge in [0.2, 0.25) is 11.1 Å². The van der Waals surface area contributed by atoms with Gasteiger partial charge >= 0.3 is 17.8 Å². The lowest BCUT2D eigenvalue weighted by Gasteiger charge is -2.17. The van der Waals surface area contributed by atoms with E-state index in [9.17, 15) is 28.1 Å². The van der Waals surface area contributed by atoms with Gasteiger partial charge < -0.3 is 10.1 Å². The van der Waals surface area contributed by atoms with Gasteiger partial charge in [0.15, 0.2) is 0 Å². The highest BCUT2D eigenvalue weighted by Crippen LogP contribution is 2.42. The Morgan fingerprint density at radius 3 is 2.54 bits per heavy atom. The normalized spacial score (nSPS) is 15.7. The molecule has 1 fully saturated rings. The smallest absolute Gasteiger partial charge is 0.394 e. The zero-order chi connectivity index (χ0) is 18.1. The second-order valence-electron chi connectivity index (χ2n) is 5.11. The molecule has 0 bridgehead atoms. The monoisotopic (exact) mass is 368 g/mol. The molecule has 0 aliphatic heterocycles. The van der Waals surface area contributed by atoms with E-state index in [0.29, 0.717) is 12.8 Å². The molecule has 24 heavy (non-hydrogen) atoms. The van der Waals surface area contributed by atoms with Crippen molar-refractivity contribution >= 4 is 29.1 Å². The van der Waals surface area contributed by atoms with Crippen LogP contribution in [0.3, 0.4) is 0 Å². The number of carbonyl (C=O) groups is 1. The van der Waals surface area contributed by atoms with Gasteiger partial charge in [0, 0.05) is 0 Å². The van der Waals surface area contributed by atoms with Crippen LogP contribution >= 0.6 is 11.6 Å². The molecule has 0 unspecified atom stereocenters. The van der Waals surface area contributed by atoms with Crippen molar-refractivity contribution in [3.63, 3.8) is 0 Å². The molecule has 1 heterocycles. The minimum absolute atomic E-state index is 0.0915. The highest BCUT2D eigenvalue weighted by Gasteiger charge is 2.53. The molecule has 0 atom stereocenters. The molecule has 0 aromatic carbocycles. The third-order valence-electron chi connectivity index (χ3n) is 3.25. The quantitative estimate of drug-likeness (QED) is 0.356. The fourth-order valence-electron chi connectivity index (χ4n) is 2.06. The molecule has 1 N–H and O–H groups in total. The molecule has 1 saturated carbocycles. The number of rotatable bonds is 6. The van der Waals surface area contributed by atoms with E-state index in [0.717, 1.165) is 0 Å². The number of nitro groups is 1. The summed E-state index contributed by atoms with van der Waals surface area (Å²) in [6, 6.07) is 0. The maximum absolute atomic E-state index is 12.6. The largest absolute Gasteiger partial charge is 0.464 e. The summed E-state index contributed by atoms with van der Waals surface area (Å²) in [5, 5.41) is 13.1. The van der Waals surface area contributed by atoms with Crippen LogP contribution in [0, 0.1) is 10.1 Å². The van der Waals surface area contributed by atoms with Crippen molar-refractivity contribution in [3.8, 4) is 0 Å². The van der Waals surface area contributed by atoms with E-state index in [1.165, 1.54) is 0 Å². The molecule has 0 radical (unpaired) electrons. The summed E-state index contributed by atoms with van der Waals surface area (Å²) in [5.41, 5.74) is -3.09. The summed E-state index contributed by atoms with van der Waals surface area (Å²) in [4.78, 5) is 28.9. The molecule has 0 spiro atoms. The second-order valence-corrected chi connectivity index (χ2v) is 5.45. The van der Waals surface area contributed by atoms with Crippen LogP contribution in [0.1, 0.15) is 25.5 Å². The molecule has 1 aliphatic carbocycles. The molecule has 1 aromatic rings. The summed E-state index contributed by atoms with van der Waals surface area (Å²) in [7, 11) is 0. The van der Waals surface area contributed by atoms with Crippen molar-refractivity contribution in [3.05, 3.63) is 21.1 Å². The number of nitrogens with zero attached hydrogens (tertiary/aromatic N) is 3. The van der Waals surface area contributed by atoms with E-state index in [1.54, 1.807) is 6.92 Å². The van der Waals surface area contributed by atoms with Crippen molar-refractivity contribution < 1.29 is 27.6 Å². The van der Waals surface area contributed by atoms with Gasteiger partial charge in [-0.2, -0.15) is 18.2 Å². The lowest BCUT2D eigenvalue weighted by atomic mass is 10.2. The third kappa shape index (κ3) is 4.02. The van der Waals surface area contributed by atoms with E-state index in [2.05, 4.69) is 15.3 Å². The highest BCUT2D eigenvalue weighted by molar-refractivity contribution is 6.28. The Morgan fingerprint density at radius 2 is 2.08 bits per heavy atom. The van der Waals surface area contributed by atoms with Crippen molar-refractivity contribution in [2.45, 2.75) is 37.9 Å². The molecular formula is C12H12ClF3N4O4. The van der Waals surface area contributed by atoms with Gasteiger partial charge in [-0.25, -0.2) is 9.78 Å². The number of esters is 1. The number of hydrogen-bond acceptors (Lipinski definition) is 7. The van der Waals surface area contributed by atoms with Crippen molar-refractivity contribution in [2.75, 3.05) is 11.9 Å². The van der Waals surface area contributed by atoms with Gasteiger partial charge in [-0.3, -0.25) is 10.1 Å². The lowest BCUT2D eigenvalue weighted by Crippen LogP contribution is -2.34. The Bertz CT molecular complexity index is 679. The summed E-state index contributed by atoms with van der Waals surface area (Å²) in [5.74, 6) is -1.20. The van der Waals surface area contributed by atoms with Crippen LogP contribution in [0.5, 0.6) is 0 Å². The number of halogens is 4. The maximum Gasteiger partial charge on any atom is 0.394 e. The third-order valence-corrected chi connectivity index (χ3v) is 3.42. The van der Waals surface area contributed by atoms with Crippen molar-refractivity contribution in [2.24, 2.45) is 0 Å². The Labute approximate surface area is 138 Å². The fourth-order valence-corrected chi connectivity index (χ4v) is 2.25. The number of nitrogens with one attached hydrogen (secondary N) is 1. The Hall–Kier alpha value is -2.17. The first-order valence-electron chi connectivity index (χ1n) is 6.81. The molecule has 0 amide bonds. The number of alkyl halides is 3. The van der Waals surface area contributed by atoms with E-state index in [4.69, 9.17) is 16.3 Å². The summed E-state index contributed by atoms with van der Waals surface area (Å²) in [6.07, 6.45) is -5.76. The minimum Gasteiger partial charge on any atom is -0.464 e. The first-order valence-corrected chi connectivity index (χ1v) is 7.19. The zero-order valence-electron chi connectivity index (χ0n) is 12.3. The van der Waals surface area contributed by atoms with Crippen LogP contribution in [0.15, 0.2) is 0 Å². The summed E-state index contributed by atoms with van der Waals surface area (Å²) in [6.45, 7) is 1.67. The zero-order valence-corrected chi connectivity index (χ0v) is 13.1. The molecule has 0 saturated heterocycles. The Morgan fingerprint density at radius 1 is 1.46 bits per heavy atom. The molecule has 12 heteroatoms.